The molecule has 0 aliphatic heterocycles. The summed E-state index contributed by atoms with van der Waals surface area (Å²) in [5.74, 6) is 0.735. The van der Waals surface area contributed by atoms with Gasteiger partial charge in [0.15, 0.2) is 5.82 Å². The fourth-order valence-electron chi connectivity index (χ4n) is 1.63. The zero-order valence-electron chi connectivity index (χ0n) is 11.0. The molecule has 0 radical (unpaired) electrons. The smallest absolute Gasteiger partial charge is 0.334 e. The van der Waals surface area contributed by atoms with Crippen LogP contribution >= 0.6 is 0 Å². The van der Waals surface area contributed by atoms with Gasteiger partial charge in [-0.1, -0.05) is 5.16 Å². The minimum atomic E-state index is -4.35. The van der Waals surface area contributed by atoms with E-state index in [1.807, 2.05) is 14.0 Å². The molecule has 1 aromatic heterocycles. The van der Waals surface area contributed by atoms with Crippen LogP contribution in [0.25, 0.3) is 11.5 Å². The quantitative estimate of drug-likeness (QED) is 0.938. The van der Waals surface area contributed by atoms with Gasteiger partial charge in [0, 0.05) is 18.0 Å². The van der Waals surface area contributed by atoms with E-state index in [1.165, 1.54) is 12.1 Å². The summed E-state index contributed by atoms with van der Waals surface area (Å²) in [4.78, 5) is 4.16. The molecule has 0 fully saturated rings. The summed E-state index contributed by atoms with van der Waals surface area (Å²) in [6, 6.07) is 4.82. The van der Waals surface area contributed by atoms with E-state index in [2.05, 4.69) is 15.5 Å². The lowest BCUT2D eigenvalue weighted by molar-refractivity contribution is -0.137. The second-order valence-electron chi connectivity index (χ2n) is 4.48. The van der Waals surface area contributed by atoms with Gasteiger partial charge in [0.1, 0.15) is 0 Å². The van der Waals surface area contributed by atoms with Crippen LogP contribution in [0.2, 0.25) is 0 Å². The summed E-state index contributed by atoms with van der Waals surface area (Å²) in [5.41, 5.74) is -0.237. The van der Waals surface area contributed by atoms with Crippen LogP contribution in [0.15, 0.2) is 28.8 Å². The van der Waals surface area contributed by atoms with Crippen LogP contribution in [-0.4, -0.2) is 23.2 Å². The van der Waals surface area contributed by atoms with Crippen LogP contribution in [0.3, 0.4) is 0 Å². The van der Waals surface area contributed by atoms with E-state index in [9.17, 15) is 13.2 Å². The maximum absolute atomic E-state index is 12.5. The number of hydrogen-bond acceptors (Lipinski definition) is 4. The third kappa shape index (κ3) is 3.36. The van der Waals surface area contributed by atoms with Crippen LogP contribution in [0.5, 0.6) is 0 Å². The Labute approximate surface area is 114 Å². The van der Waals surface area contributed by atoms with Gasteiger partial charge in [-0.05, 0) is 38.2 Å². The highest BCUT2D eigenvalue weighted by atomic mass is 19.4. The van der Waals surface area contributed by atoms with Crippen molar-refractivity contribution in [2.24, 2.45) is 0 Å². The van der Waals surface area contributed by atoms with Gasteiger partial charge < -0.3 is 9.84 Å². The van der Waals surface area contributed by atoms with Crippen molar-refractivity contribution in [2.75, 3.05) is 7.05 Å². The molecule has 20 heavy (non-hydrogen) atoms. The molecule has 108 valence electrons. The zero-order valence-corrected chi connectivity index (χ0v) is 11.0. The maximum atomic E-state index is 12.5. The Morgan fingerprint density at radius 1 is 1.25 bits per heavy atom. The van der Waals surface area contributed by atoms with Gasteiger partial charge in [-0.25, -0.2) is 0 Å². The molecule has 0 saturated heterocycles. The molecule has 1 N–H and O–H groups in total. The number of nitrogens with one attached hydrogen (secondary N) is 1. The fourth-order valence-corrected chi connectivity index (χ4v) is 1.63. The number of benzene rings is 1. The van der Waals surface area contributed by atoms with Crippen LogP contribution in [0.1, 0.15) is 18.3 Å². The van der Waals surface area contributed by atoms with Crippen LogP contribution in [-0.2, 0) is 12.6 Å². The Morgan fingerprint density at radius 3 is 2.45 bits per heavy atom. The van der Waals surface area contributed by atoms with Crippen molar-refractivity contribution in [2.45, 2.75) is 25.6 Å². The molecule has 7 heteroatoms. The van der Waals surface area contributed by atoms with Crippen molar-refractivity contribution in [3.05, 3.63) is 35.7 Å². The van der Waals surface area contributed by atoms with E-state index < -0.39 is 11.7 Å². The highest BCUT2D eigenvalue weighted by Crippen LogP contribution is 2.30. The molecule has 1 atom stereocenters. The lowest BCUT2D eigenvalue weighted by atomic mass is 10.1. The van der Waals surface area contributed by atoms with Crippen molar-refractivity contribution in [1.29, 1.82) is 0 Å². The molecule has 0 aliphatic rings. The Morgan fingerprint density at radius 2 is 1.90 bits per heavy atom. The first kappa shape index (κ1) is 14.5. The predicted molar refractivity (Wildman–Crippen MR) is 67.0 cm³/mol. The van der Waals surface area contributed by atoms with Crippen molar-refractivity contribution in [1.82, 2.24) is 15.5 Å². The fraction of sp³-hybridized carbons (Fsp3) is 0.385. The molecule has 1 unspecified atom stereocenters. The van der Waals surface area contributed by atoms with Crippen molar-refractivity contribution in [3.63, 3.8) is 0 Å². The standard InChI is InChI=1S/C13H14F3N3O/c1-8(17-2)7-11-18-12(20-19-11)9-3-5-10(6-4-9)13(14,15)16/h3-6,8,17H,7H2,1-2H3. The van der Waals surface area contributed by atoms with E-state index in [-0.39, 0.29) is 11.9 Å². The average molecular weight is 285 g/mol. The second-order valence-corrected chi connectivity index (χ2v) is 4.48. The number of alkyl halides is 3. The van der Waals surface area contributed by atoms with Crippen molar-refractivity contribution >= 4 is 0 Å². The van der Waals surface area contributed by atoms with Gasteiger partial charge in [0.2, 0.25) is 0 Å². The van der Waals surface area contributed by atoms with Crippen LogP contribution in [0, 0.1) is 0 Å². The summed E-state index contributed by atoms with van der Waals surface area (Å²) in [6.07, 6.45) is -3.76. The summed E-state index contributed by atoms with van der Waals surface area (Å²) in [6.45, 7) is 1.97. The molecule has 2 rings (SSSR count). The number of likely N-dealkylation sites (N-methyl/N-ethyl adjacent to an activating group) is 1. The number of hydrogen-bond donors (Lipinski definition) is 1. The van der Waals surface area contributed by atoms with Gasteiger partial charge in [0.25, 0.3) is 5.89 Å². The van der Waals surface area contributed by atoms with E-state index in [1.54, 1.807) is 0 Å². The molecule has 0 aliphatic carbocycles. The Hall–Kier alpha value is -1.89. The maximum Gasteiger partial charge on any atom is 0.416 e. The molecule has 1 heterocycles. The Kier molecular flexibility index (Phi) is 4.08. The summed E-state index contributed by atoms with van der Waals surface area (Å²) in [7, 11) is 1.82. The minimum Gasteiger partial charge on any atom is -0.334 e. The highest BCUT2D eigenvalue weighted by molar-refractivity contribution is 5.53. The monoisotopic (exact) mass is 285 g/mol. The van der Waals surface area contributed by atoms with Crippen molar-refractivity contribution < 1.29 is 17.7 Å². The SMILES string of the molecule is CNC(C)Cc1noc(-c2ccc(C(F)(F)F)cc2)n1. The molecule has 2 aromatic rings. The van der Waals surface area contributed by atoms with Crippen molar-refractivity contribution in [3.8, 4) is 11.5 Å². The van der Waals surface area contributed by atoms with Crippen LogP contribution < -0.4 is 5.32 Å². The zero-order chi connectivity index (χ0) is 14.8. The molecule has 0 amide bonds. The molecular weight excluding hydrogens is 271 g/mol. The van der Waals surface area contributed by atoms with E-state index in [0.717, 1.165) is 12.1 Å². The highest BCUT2D eigenvalue weighted by Gasteiger charge is 2.30. The summed E-state index contributed by atoms with van der Waals surface area (Å²) < 4.78 is 42.4. The van der Waals surface area contributed by atoms with Crippen LogP contribution in [0.4, 0.5) is 13.2 Å². The lowest BCUT2D eigenvalue weighted by Crippen LogP contribution is -2.24. The topological polar surface area (TPSA) is 51.0 Å². The molecular formula is C13H14F3N3O. The molecule has 0 bridgehead atoms. The van der Waals surface area contributed by atoms with Gasteiger partial charge in [-0.2, -0.15) is 18.2 Å². The average Bonchev–Trinajstić information content (AvgIpc) is 2.86. The van der Waals surface area contributed by atoms with E-state index >= 15 is 0 Å². The first-order chi connectivity index (χ1) is 9.40. The van der Waals surface area contributed by atoms with E-state index in [0.29, 0.717) is 17.8 Å². The van der Waals surface area contributed by atoms with Gasteiger partial charge in [-0.3, -0.25) is 0 Å². The number of rotatable bonds is 4. The second kappa shape index (κ2) is 5.62. The predicted octanol–water partition coefficient (Wildman–Crippen LogP) is 2.91. The summed E-state index contributed by atoms with van der Waals surface area (Å²) >= 11 is 0. The van der Waals surface area contributed by atoms with Gasteiger partial charge in [-0.15, -0.1) is 0 Å². The molecule has 0 saturated carbocycles. The molecule has 4 nitrogen and oxygen atoms in total. The summed E-state index contributed by atoms with van der Waals surface area (Å²) in [5, 5.41) is 6.84. The third-order valence-electron chi connectivity index (χ3n) is 2.91. The van der Waals surface area contributed by atoms with Gasteiger partial charge in [0.05, 0.1) is 5.56 Å². The first-order valence-electron chi connectivity index (χ1n) is 6.07. The largest absolute Gasteiger partial charge is 0.416 e. The number of aromatic nitrogens is 2. The number of halogens is 3. The lowest BCUT2D eigenvalue weighted by Gasteiger charge is -2.06. The third-order valence-corrected chi connectivity index (χ3v) is 2.91. The van der Waals surface area contributed by atoms with E-state index in [4.69, 9.17) is 4.52 Å². The number of nitrogens with zero attached hydrogens (tertiary/aromatic N) is 2. The Bertz CT molecular complexity index is 563. The Balaban J connectivity index is 2.16. The first-order valence-corrected chi connectivity index (χ1v) is 6.07. The van der Waals surface area contributed by atoms with Gasteiger partial charge >= 0.3 is 6.18 Å². The normalized spacial score (nSPS) is 13.4. The minimum absolute atomic E-state index is 0.188. The molecule has 0 spiro atoms. The molecule has 1 aromatic carbocycles.